The molecule has 2 saturated carbocycles. The van der Waals surface area contributed by atoms with E-state index in [1.54, 1.807) is 17.9 Å². The second kappa shape index (κ2) is 7.83. The molecule has 0 saturated heterocycles. The molecule has 10 nitrogen and oxygen atoms in total. The van der Waals surface area contributed by atoms with Gasteiger partial charge in [-0.2, -0.15) is 5.10 Å². The largest absolute Gasteiger partial charge is 0.478 e. The Morgan fingerprint density at radius 2 is 2.14 bits per heavy atom. The van der Waals surface area contributed by atoms with Gasteiger partial charge in [-0.1, -0.05) is 0 Å². The van der Waals surface area contributed by atoms with Gasteiger partial charge >= 0.3 is 5.97 Å². The van der Waals surface area contributed by atoms with E-state index in [0.717, 1.165) is 24.1 Å². The molecule has 3 aromatic heterocycles. The van der Waals surface area contributed by atoms with Crippen molar-refractivity contribution in [2.24, 2.45) is 18.4 Å². The Bertz CT molecular complexity index is 1340. The molecule has 0 radical (unpaired) electrons. The first-order valence-electron chi connectivity index (χ1n) is 11.4. The van der Waals surface area contributed by atoms with Gasteiger partial charge in [0.1, 0.15) is 22.8 Å². The standard InChI is InChI=1S/C22H23F2N7O3S/c1-30-15(7-13(29-30)17(23)24)26-21-28-25-9-31(21)10-2-3-14-11(6-10)16(20(33)34)19(35-14)27-18(32)12-8-22(12)4-5-22/h7,9-10,12,17H,2-6,8H2,1H3,(H,26,28)(H,27,32)(H,33,34)/t10-,12?/m0/s1. The van der Waals surface area contributed by atoms with Crippen molar-refractivity contribution in [2.75, 3.05) is 10.6 Å². The molecular weight excluding hydrogens is 480 g/mol. The molecule has 3 aromatic rings. The van der Waals surface area contributed by atoms with E-state index in [-0.39, 0.29) is 34.5 Å². The van der Waals surface area contributed by atoms with Crippen LogP contribution >= 0.6 is 11.3 Å². The quantitative estimate of drug-likeness (QED) is 0.446. The van der Waals surface area contributed by atoms with Gasteiger partial charge in [0, 0.05) is 30.0 Å². The van der Waals surface area contributed by atoms with Crippen molar-refractivity contribution in [3.05, 3.63) is 34.1 Å². The average molecular weight is 504 g/mol. The van der Waals surface area contributed by atoms with Crippen LogP contribution in [0.5, 0.6) is 0 Å². The zero-order chi connectivity index (χ0) is 24.5. The van der Waals surface area contributed by atoms with E-state index in [1.807, 2.05) is 0 Å². The molecule has 3 N–H and O–H groups in total. The number of carboxylic acid groups (broad SMARTS) is 1. The summed E-state index contributed by atoms with van der Waals surface area (Å²) in [5, 5.41) is 28.2. The minimum atomic E-state index is -2.69. The van der Waals surface area contributed by atoms with E-state index in [1.165, 1.54) is 22.1 Å². The summed E-state index contributed by atoms with van der Waals surface area (Å²) in [6.07, 6.45) is 3.70. The molecule has 35 heavy (non-hydrogen) atoms. The van der Waals surface area contributed by atoms with Gasteiger partial charge in [0.15, 0.2) is 0 Å². The number of thiophene rings is 1. The monoisotopic (exact) mass is 503 g/mol. The number of hydrogen-bond acceptors (Lipinski definition) is 7. The normalized spacial score (nSPS) is 21.7. The summed E-state index contributed by atoms with van der Waals surface area (Å²) in [4.78, 5) is 25.8. The zero-order valence-corrected chi connectivity index (χ0v) is 19.6. The van der Waals surface area contributed by atoms with E-state index >= 15 is 0 Å². The minimum absolute atomic E-state index is 0.000679. The summed E-state index contributed by atoms with van der Waals surface area (Å²) >= 11 is 1.35. The number of carbonyl (C=O) groups excluding carboxylic acids is 1. The molecule has 1 unspecified atom stereocenters. The smallest absolute Gasteiger partial charge is 0.339 e. The van der Waals surface area contributed by atoms with Crippen LogP contribution in [0.3, 0.4) is 0 Å². The Morgan fingerprint density at radius 3 is 2.80 bits per heavy atom. The molecule has 3 heterocycles. The van der Waals surface area contributed by atoms with Crippen LogP contribution < -0.4 is 10.6 Å². The van der Waals surface area contributed by atoms with E-state index in [0.29, 0.717) is 41.6 Å². The highest BCUT2D eigenvalue weighted by molar-refractivity contribution is 7.17. The van der Waals surface area contributed by atoms with Crippen LogP contribution in [0.2, 0.25) is 0 Å². The first-order chi connectivity index (χ1) is 16.8. The number of amides is 1. The number of hydrogen-bond donors (Lipinski definition) is 3. The summed E-state index contributed by atoms with van der Waals surface area (Å²) < 4.78 is 29.1. The van der Waals surface area contributed by atoms with Gasteiger partial charge in [-0.25, -0.2) is 13.6 Å². The highest BCUT2D eigenvalue weighted by atomic mass is 32.1. The minimum Gasteiger partial charge on any atom is -0.478 e. The molecule has 3 aliphatic rings. The van der Waals surface area contributed by atoms with Gasteiger partial charge in [-0.3, -0.25) is 14.0 Å². The predicted octanol–water partition coefficient (Wildman–Crippen LogP) is 3.92. The lowest BCUT2D eigenvalue weighted by Crippen LogP contribution is -2.21. The highest BCUT2D eigenvalue weighted by Crippen LogP contribution is 2.70. The highest BCUT2D eigenvalue weighted by Gasteiger charge is 2.65. The van der Waals surface area contributed by atoms with Crippen LogP contribution in [0.15, 0.2) is 12.4 Å². The van der Waals surface area contributed by atoms with Crippen molar-refractivity contribution < 1.29 is 23.5 Å². The molecular formula is C22H23F2N7O3S. The van der Waals surface area contributed by atoms with Gasteiger partial charge in [0.25, 0.3) is 6.43 Å². The lowest BCUT2D eigenvalue weighted by atomic mass is 9.91. The third kappa shape index (κ3) is 3.77. The molecule has 0 bridgehead atoms. The third-order valence-electron chi connectivity index (χ3n) is 7.41. The van der Waals surface area contributed by atoms with Crippen molar-refractivity contribution >= 4 is 40.0 Å². The first kappa shape index (κ1) is 22.1. The van der Waals surface area contributed by atoms with Crippen LogP contribution in [0, 0.1) is 11.3 Å². The van der Waals surface area contributed by atoms with Crippen LogP contribution in [0.1, 0.15) is 64.6 Å². The van der Waals surface area contributed by atoms with Crippen molar-refractivity contribution in [2.45, 2.75) is 51.0 Å². The molecule has 184 valence electrons. The van der Waals surface area contributed by atoms with Gasteiger partial charge in [-0.15, -0.1) is 21.5 Å². The van der Waals surface area contributed by atoms with Gasteiger partial charge < -0.3 is 15.7 Å². The molecule has 1 amide bonds. The Hall–Kier alpha value is -3.35. The topological polar surface area (TPSA) is 127 Å². The van der Waals surface area contributed by atoms with Crippen molar-refractivity contribution in [3.63, 3.8) is 0 Å². The maximum absolute atomic E-state index is 13.0. The molecule has 13 heteroatoms. The number of alkyl halides is 2. The fraction of sp³-hybridized carbons (Fsp3) is 0.500. The van der Waals surface area contributed by atoms with Crippen LogP contribution in [0.25, 0.3) is 0 Å². The number of nitrogens with one attached hydrogen (secondary N) is 2. The third-order valence-corrected chi connectivity index (χ3v) is 8.62. The second-order valence-corrected chi connectivity index (χ2v) is 10.7. The van der Waals surface area contributed by atoms with E-state index in [9.17, 15) is 23.5 Å². The Morgan fingerprint density at radius 1 is 1.34 bits per heavy atom. The SMILES string of the molecule is Cn1nc(C(F)F)cc1Nc1nncn1[C@H]1CCc2sc(NC(=O)C3CC34CC4)c(C(=O)O)c2C1. The number of halogens is 2. The van der Waals surface area contributed by atoms with Crippen molar-refractivity contribution in [3.8, 4) is 0 Å². The Kier molecular flexibility index (Phi) is 4.95. The van der Waals surface area contributed by atoms with Crippen LogP contribution in [-0.2, 0) is 24.7 Å². The molecule has 0 aliphatic heterocycles. The lowest BCUT2D eigenvalue weighted by molar-refractivity contribution is -0.117. The van der Waals surface area contributed by atoms with E-state index in [4.69, 9.17) is 0 Å². The summed E-state index contributed by atoms with van der Waals surface area (Å²) in [7, 11) is 1.55. The zero-order valence-electron chi connectivity index (χ0n) is 18.8. The maximum Gasteiger partial charge on any atom is 0.339 e. The number of carboxylic acids is 1. The van der Waals surface area contributed by atoms with Crippen LogP contribution in [0.4, 0.5) is 25.5 Å². The van der Waals surface area contributed by atoms with Gasteiger partial charge in [0.2, 0.25) is 11.9 Å². The fourth-order valence-corrected chi connectivity index (χ4v) is 6.41. The van der Waals surface area contributed by atoms with Gasteiger partial charge in [0.05, 0.1) is 5.56 Å². The van der Waals surface area contributed by atoms with Gasteiger partial charge in [-0.05, 0) is 49.5 Å². The molecule has 3 aliphatic carbocycles. The molecule has 0 aromatic carbocycles. The number of aromatic nitrogens is 5. The Labute approximate surface area is 202 Å². The summed E-state index contributed by atoms with van der Waals surface area (Å²) in [6, 6.07) is 1.11. The number of aryl methyl sites for hydroxylation is 2. The number of carbonyl (C=O) groups is 2. The predicted molar refractivity (Wildman–Crippen MR) is 122 cm³/mol. The molecule has 2 atom stereocenters. The molecule has 6 rings (SSSR count). The second-order valence-electron chi connectivity index (χ2n) is 9.58. The maximum atomic E-state index is 13.0. The fourth-order valence-electron chi connectivity index (χ4n) is 5.17. The number of aromatic carboxylic acids is 1. The molecule has 2 fully saturated rings. The first-order valence-corrected chi connectivity index (χ1v) is 12.2. The van der Waals surface area contributed by atoms with Crippen LogP contribution in [-0.4, -0.2) is 41.5 Å². The number of anilines is 3. The lowest BCUT2D eigenvalue weighted by Gasteiger charge is -2.25. The average Bonchev–Trinajstić information content (AvgIpc) is 3.56. The number of rotatable bonds is 7. The van der Waals surface area contributed by atoms with E-state index < -0.39 is 12.4 Å². The number of nitrogens with zero attached hydrogens (tertiary/aromatic N) is 5. The summed E-state index contributed by atoms with van der Waals surface area (Å²) in [5.74, 6) is -0.450. The summed E-state index contributed by atoms with van der Waals surface area (Å²) in [6.45, 7) is 0. The van der Waals surface area contributed by atoms with E-state index in [2.05, 4.69) is 25.9 Å². The Balaban J connectivity index is 1.24. The number of fused-ring (bicyclic) bond motifs is 1. The summed E-state index contributed by atoms with van der Waals surface area (Å²) in [5.41, 5.74) is 0.716. The van der Waals surface area contributed by atoms with Crippen molar-refractivity contribution in [1.82, 2.24) is 24.5 Å². The van der Waals surface area contributed by atoms with Crippen molar-refractivity contribution in [1.29, 1.82) is 0 Å². The molecule has 1 spiro atoms.